The summed E-state index contributed by atoms with van der Waals surface area (Å²) in [4.78, 5) is 79.2. The van der Waals surface area contributed by atoms with Gasteiger partial charge in [-0.15, -0.1) is 0 Å². The van der Waals surface area contributed by atoms with Crippen LogP contribution < -0.4 is 15.5 Å². The zero-order chi connectivity index (χ0) is 35.8. The van der Waals surface area contributed by atoms with Crippen LogP contribution in [0.1, 0.15) is 52.7 Å². The molecule has 0 aromatic heterocycles. The molecule has 2 aromatic carbocycles. The van der Waals surface area contributed by atoms with Crippen molar-refractivity contribution in [3.05, 3.63) is 65.7 Å². The van der Waals surface area contributed by atoms with E-state index >= 15 is 0 Å². The van der Waals surface area contributed by atoms with Gasteiger partial charge in [-0.25, -0.2) is 9.59 Å². The predicted octanol–water partition coefficient (Wildman–Crippen LogP) is 3.30. The number of benzene rings is 2. The van der Waals surface area contributed by atoms with Crippen LogP contribution in [0.2, 0.25) is 0 Å². The van der Waals surface area contributed by atoms with E-state index in [0.29, 0.717) is 11.6 Å². The molecule has 4 N–H and O–H groups in total. The summed E-state index contributed by atoms with van der Waals surface area (Å²) in [6, 6.07) is 4.86. The number of nitrogens with one attached hydrogen (secondary N) is 2. The van der Waals surface area contributed by atoms with Crippen molar-refractivity contribution >= 4 is 41.3 Å². The van der Waals surface area contributed by atoms with Gasteiger partial charge < -0.3 is 25.7 Å². The molecule has 4 atom stereocenters. The molecule has 2 aromatic rings. The second-order valence-electron chi connectivity index (χ2n) is 11.6. The van der Waals surface area contributed by atoms with Gasteiger partial charge in [0.2, 0.25) is 23.6 Å². The molecule has 0 saturated heterocycles. The summed E-state index contributed by atoms with van der Waals surface area (Å²) in [5.74, 6) is -8.66. The summed E-state index contributed by atoms with van der Waals surface area (Å²) in [6.45, 7) is 8.32. The Balaban J connectivity index is 2.47. The van der Waals surface area contributed by atoms with E-state index in [9.17, 15) is 52.2 Å². The summed E-state index contributed by atoms with van der Waals surface area (Å²) in [6.07, 6.45) is -4.78. The molecule has 4 unspecified atom stereocenters. The van der Waals surface area contributed by atoms with Gasteiger partial charge in [-0.2, -0.15) is 13.2 Å². The fourth-order valence-electron chi connectivity index (χ4n) is 5.13. The van der Waals surface area contributed by atoms with E-state index in [4.69, 9.17) is 0 Å². The molecule has 0 aliphatic rings. The number of carbonyl (C=O) groups is 6. The minimum absolute atomic E-state index is 0.0181. The van der Waals surface area contributed by atoms with Crippen LogP contribution in [0, 0.1) is 11.8 Å². The van der Waals surface area contributed by atoms with Crippen LogP contribution in [0.15, 0.2) is 54.6 Å². The zero-order valence-electron chi connectivity index (χ0n) is 26.7. The lowest BCUT2D eigenvalue weighted by Gasteiger charge is -2.35. The van der Waals surface area contributed by atoms with Crippen LogP contribution >= 0.6 is 0 Å². The Morgan fingerprint density at radius 1 is 0.723 bits per heavy atom. The van der Waals surface area contributed by atoms with E-state index in [1.165, 1.54) is 25.7 Å². The molecule has 0 bridgehead atoms. The molecule has 0 saturated carbocycles. The number of hydrogen-bond acceptors (Lipinski definition) is 6. The average molecular weight is 665 g/mol. The molecule has 0 radical (unpaired) electrons. The predicted molar refractivity (Wildman–Crippen MR) is 164 cm³/mol. The van der Waals surface area contributed by atoms with Crippen molar-refractivity contribution in [2.45, 2.75) is 78.4 Å². The van der Waals surface area contributed by atoms with E-state index in [-0.39, 0.29) is 12.2 Å². The topological polar surface area (TPSA) is 173 Å². The Labute approximate surface area is 269 Å². The van der Waals surface area contributed by atoms with Gasteiger partial charge in [-0.3, -0.25) is 24.1 Å². The number of nitrogens with zero attached hydrogens (tertiary/aromatic N) is 2. The number of alkyl halides is 3. The molecule has 2 rings (SSSR count). The van der Waals surface area contributed by atoms with Gasteiger partial charge in [0, 0.05) is 26.1 Å². The summed E-state index contributed by atoms with van der Waals surface area (Å²) in [7, 11) is 0. The number of carbonyl (C=O) groups excluding carboxylic acids is 4. The van der Waals surface area contributed by atoms with Gasteiger partial charge in [0.15, 0.2) is 12.1 Å². The lowest BCUT2D eigenvalue weighted by molar-refractivity contribution is -0.152. The van der Waals surface area contributed by atoms with Crippen LogP contribution in [-0.2, 0) is 41.5 Å². The maximum atomic E-state index is 13.6. The van der Waals surface area contributed by atoms with Gasteiger partial charge >= 0.3 is 18.1 Å². The molecular formula is C32H39F3N4O8. The molecule has 0 heterocycles. The summed E-state index contributed by atoms with van der Waals surface area (Å²) >= 11 is 0. The third kappa shape index (κ3) is 10.0. The van der Waals surface area contributed by atoms with Crippen molar-refractivity contribution in [1.29, 1.82) is 0 Å². The number of hydrogen-bond donors (Lipinski definition) is 4. The fraction of sp³-hybridized carbons (Fsp3) is 0.438. The maximum absolute atomic E-state index is 13.6. The molecule has 47 heavy (non-hydrogen) atoms. The molecular weight excluding hydrogens is 625 g/mol. The second kappa shape index (κ2) is 16.1. The van der Waals surface area contributed by atoms with Crippen LogP contribution in [0.5, 0.6) is 0 Å². The highest BCUT2D eigenvalue weighted by Crippen LogP contribution is 2.33. The van der Waals surface area contributed by atoms with Crippen molar-refractivity contribution in [1.82, 2.24) is 15.5 Å². The van der Waals surface area contributed by atoms with Crippen molar-refractivity contribution < 1.29 is 52.2 Å². The highest BCUT2D eigenvalue weighted by atomic mass is 19.4. The summed E-state index contributed by atoms with van der Waals surface area (Å²) in [5, 5.41) is 24.2. The first-order valence-corrected chi connectivity index (χ1v) is 14.6. The van der Waals surface area contributed by atoms with Crippen LogP contribution in [0.25, 0.3) is 0 Å². The highest BCUT2D eigenvalue weighted by Gasteiger charge is 2.42. The second-order valence-corrected chi connectivity index (χ2v) is 11.6. The first-order valence-electron chi connectivity index (χ1n) is 14.6. The van der Waals surface area contributed by atoms with E-state index in [1.54, 1.807) is 44.2 Å². The minimum Gasteiger partial charge on any atom is -0.480 e. The number of amides is 4. The van der Waals surface area contributed by atoms with Gasteiger partial charge in [0.1, 0.15) is 12.1 Å². The SMILES string of the molecule is CC(=O)N(Cc1ccccc1)C(C(=O)NC(C(=O)O)C(NC(=O)C(C(C)C)N(C(C)=O)c1cccc(C(F)(F)F)c1)C(=O)O)C(C)C. The number of anilines is 1. The largest absolute Gasteiger partial charge is 0.480 e. The number of halogens is 3. The van der Waals surface area contributed by atoms with Crippen LogP contribution in [0.4, 0.5) is 18.9 Å². The smallest absolute Gasteiger partial charge is 0.416 e. The van der Waals surface area contributed by atoms with E-state index in [2.05, 4.69) is 10.6 Å². The van der Waals surface area contributed by atoms with Crippen LogP contribution in [-0.4, -0.2) is 74.8 Å². The lowest BCUT2D eigenvalue weighted by Crippen LogP contribution is -2.64. The maximum Gasteiger partial charge on any atom is 0.416 e. The highest BCUT2D eigenvalue weighted by molar-refractivity contribution is 6.01. The van der Waals surface area contributed by atoms with Gasteiger partial charge in [0.25, 0.3) is 0 Å². The number of carboxylic acids is 2. The zero-order valence-corrected chi connectivity index (χ0v) is 26.7. The molecule has 0 aliphatic heterocycles. The standard InChI is InChI=1S/C32H39F3N4O8/c1-17(2)26(38(19(5)40)16-21-11-8-7-9-12-21)28(42)36-24(30(44)45)25(31(46)47)37-29(43)27(18(3)4)39(20(6)41)23-14-10-13-22(15-23)32(33,34)35/h7-15,17-18,24-27H,16H2,1-6H3,(H,36,42)(H,37,43)(H,44,45)(H,46,47). The first-order chi connectivity index (χ1) is 21.8. The van der Waals surface area contributed by atoms with Gasteiger partial charge in [-0.1, -0.05) is 64.1 Å². The average Bonchev–Trinajstić information content (AvgIpc) is 2.96. The lowest BCUT2D eigenvalue weighted by atomic mass is 9.97. The quantitative estimate of drug-likeness (QED) is 0.238. The van der Waals surface area contributed by atoms with Crippen molar-refractivity contribution in [3.63, 3.8) is 0 Å². The van der Waals surface area contributed by atoms with E-state index in [0.717, 1.165) is 30.0 Å². The normalized spacial score (nSPS) is 14.0. The Morgan fingerprint density at radius 2 is 1.21 bits per heavy atom. The molecule has 256 valence electrons. The minimum atomic E-state index is -4.78. The number of rotatable bonds is 14. The van der Waals surface area contributed by atoms with Crippen LogP contribution in [0.3, 0.4) is 0 Å². The van der Waals surface area contributed by atoms with Crippen molar-refractivity contribution in [3.8, 4) is 0 Å². The first kappa shape index (κ1) is 38.2. The van der Waals surface area contributed by atoms with E-state index < -0.39 is 83.3 Å². The Kier molecular flexibility index (Phi) is 13.1. The molecule has 12 nitrogen and oxygen atoms in total. The molecule has 15 heteroatoms. The third-order valence-electron chi connectivity index (χ3n) is 7.27. The summed E-state index contributed by atoms with van der Waals surface area (Å²) < 4.78 is 40.3. The monoisotopic (exact) mass is 664 g/mol. The Hall–Kier alpha value is -4.95. The van der Waals surface area contributed by atoms with Crippen molar-refractivity contribution in [2.75, 3.05) is 4.90 Å². The fourth-order valence-corrected chi connectivity index (χ4v) is 5.13. The molecule has 4 amide bonds. The Bertz CT molecular complexity index is 1470. The van der Waals surface area contributed by atoms with Crippen molar-refractivity contribution in [2.24, 2.45) is 11.8 Å². The van der Waals surface area contributed by atoms with Gasteiger partial charge in [0.05, 0.1) is 5.56 Å². The van der Waals surface area contributed by atoms with E-state index in [1.807, 2.05) is 0 Å². The molecule has 0 aliphatic carbocycles. The number of aliphatic carboxylic acids is 2. The Morgan fingerprint density at radius 3 is 1.62 bits per heavy atom. The molecule has 0 spiro atoms. The van der Waals surface area contributed by atoms with Gasteiger partial charge in [-0.05, 0) is 35.6 Å². The third-order valence-corrected chi connectivity index (χ3v) is 7.27. The summed E-state index contributed by atoms with van der Waals surface area (Å²) in [5.41, 5.74) is -0.742. The molecule has 0 fully saturated rings. The number of carboxylic acid groups (broad SMARTS) is 2.